The highest BCUT2D eigenvalue weighted by molar-refractivity contribution is 5.96. The lowest BCUT2D eigenvalue weighted by Gasteiger charge is -2.25. The van der Waals surface area contributed by atoms with E-state index in [-0.39, 0.29) is 18.1 Å². The van der Waals surface area contributed by atoms with Gasteiger partial charge in [0.15, 0.2) is 0 Å². The zero-order valence-electron chi connectivity index (χ0n) is 13.3. The Labute approximate surface area is 136 Å². The third kappa shape index (κ3) is 3.54. The Morgan fingerprint density at radius 2 is 2.04 bits per heavy atom. The van der Waals surface area contributed by atoms with Gasteiger partial charge in [-0.2, -0.15) is 0 Å². The molecular formula is C19H22N2O2. The van der Waals surface area contributed by atoms with E-state index in [0.29, 0.717) is 11.3 Å². The molecular weight excluding hydrogens is 288 g/mol. The van der Waals surface area contributed by atoms with Crippen LogP contribution in [0.3, 0.4) is 0 Å². The van der Waals surface area contributed by atoms with E-state index in [0.717, 1.165) is 30.6 Å². The number of rotatable bonds is 4. The van der Waals surface area contributed by atoms with Crippen LogP contribution in [0.5, 0.6) is 0 Å². The zero-order chi connectivity index (χ0) is 16.2. The summed E-state index contributed by atoms with van der Waals surface area (Å²) in [5.74, 6) is -0.112. The van der Waals surface area contributed by atoms with E-state index >= 15 is 0 Å². The number of hydrogen-bond donors (Lipinski definition) is 2. The normalized spacial score (nSPS) is 18.6. The lowest BCUT2D eigenvalue weighted by molar-refractivity contribution is 0.0672. The summed E-state index contributed by atoms with van der Waals surface area (Å²) in [6.07, 6.45) is 2.00. The first-order valence-corrected chi connectivity index (χ1v) is 7.98. The van der Waals surface area contributed by atoms with Gasteiger partial charge in [0.25, 0.3) is 5.91 Å². The van der Waals surface area contributed by atoms with E-state index in [2.05, 4.69) is 5.32 Å². The van der Waals surface area contributed by atoms with Crippen LogP contribution in [0.1, 0.15) is 40.4 Å². The van der Waals surface area contributed by atoms with Crippen molar-refractivity contribution in [3.8, 4) is 0 Å². The Hall–Kier alpha value is -2.33. The average Bonchev–Trinajstić information content (AvgIpc) is 3.09. The molecule has 0 bridgehead atoms. The molecule has 2 atom stereocenters. The molecule has 2 aromatic carbocycles. The standard InChI is InChI=1S/C19H22N2O2/c1-13-9-10-15(20)12-16(13)19(22)21-18(17-8-5-11-23-17)14-6-3-2-4-7-14/h2-4,6-7,9-10,12,17-18H,5,8,11,20H2,1H3,(H,21,22). The monoisotopic (exact) mass is 310 g/mol. The molecule has 0 saturated carbocycles. The average molecular weight is 310 g/mol. The SMILES string of the molecule is Cc1ccc(N)cc1C(=O)NC(c1ccccc1)C1CCCO1. The van der Waals surface area contributed by atoms with Gasteiger partial charge in [0.2, 0.25) is 0 Å². The van der Waals surface area contributed by atoms with Crippen molar-refractivity contribution in [3.63, 3.8) is 0 Å². The Bertz CT molecular complexity index is 679. The molecule has 0 aliphatic carbocycles. The fourth-order valence-electron chi connectivity index (χ4n) is 3.02. The van der Waals surface area contributed by atoms with Gasteiger partial charge in [0, 0.05) is 17.9 Å². The van der Waals surface area contributed by atoms with Crippen LogP contribution < -0.4 is 11.1 Å². The fraction of sp³-hybridized carbons (Fsp3) is 0.316. The smallest absolute Gasteiger partial charge is 0.252 e. The van der Waals surface area contributed by atoms with Crippen molar-refractivity contribution >= 4 is 11.6 Å². The number of amides is 1. The summed E-state index contributed by atoms with van der Waals surface area (Å²) in [5.41, 5.74) is 9.01. The minimum Gasteiger partial charge on any atom is -0.399 e. The Morgan fingerprint density at radius 1 is 1.26 bits per heavy atom. The van der Waals surface area contributed by atoms with Gasteiger partial charge in [-0.3, -0.25) is 4.79 Å². The minimum absolute atomic E-state index is 0.0164. The molecule has 1 heterocycles. The minimum atomic E-state index is -0.146. The summed E-state index contributed by atoms with van der Waals surface area (Å²) < 4.78 is 5.82. The highest BCUT2D eigenvalue weighted by Gasteiger charge is 2.29. The topological polar surface area (TPSA) is 64.4 Å². The van der Waals surface area contributed by atoms with Gasteiger partial charge >= 0.3 is 0 Å². The predicted octanol–water partition coefficient (Wildman–Crippen LogP) is 3.23. The van der Waals surface area contributed by atoms with Gasteiger partial charge in [-0.15, -0.1) is 0 Å². The van der Waals surface area contributed by atoms with Crippen molar-refractivity contribution in [2.45, 2.75) is 31.9 Å². The second-order valence-electron chi connectivity index (χ2n) is 5.99. The summed E-state index contributed by atoms with van der Waals surface area (Å²) in [5, 5.41) is 3.14. The summed E-state index contributed by atoms with van der Waals surface area (Å²) in [6, 6.07) is 15.2. The molecule has 0 spiro atoms. The summed E-state index contributed by atoms with van der Waals surface area (Å²) in [6.45, 7) is 2.67. The molecule has 0 radical (unpaired) electrons. The number of carbonyl (C=O) groups excluding carboxylic acids is 1. The van der Waals surface area contributed by atoms with E-state index in [9.17, 15) is 4.79 Å². The molecule has 2 unspecified atom stereocenters. The molecule has 0 aromatic heterocycles. The number of hydrogen-bond acceptors (Lipinski definition) is 3. The lowest BCUT2D eigenvalue weighted by Crippen LogP contribution is -2.36. The van der Waals surface area contributed by atoms with Crippen LogP contribution >= 0.6 is 0 Å². The van der Waals surface area contributed by atoms with Gasteiger partial charge in [0.1, 0.15) is 0 Å². The number of nitrogens with two attached hydrogens (primary N) is 1. The molecule has 1 aliphatic heterocycles. The van der Waals surface area contributed by atoms with Crippen molar-refractivity contribution < 1.29 is 9.53 Å². The third-order valence-electron chi connectivity index (χ3n) is 4.29. The second-order valence-corrected chi connectivity index (χ2v) is 5.99. The van der Waals surface area contributed by atoms with Crippen molar-refractivity contribution in [3.05, 3.63) is 65.2 Å². The van der Waals surface area contributed by atoms with Crippen molar-refractivity contribution in [1.29, 1.82) is 0 Å². The van der Waals surface area contributed by atoms with Crippen LogP contribution in [-0.2, 0) is 4.74 Å². The van der Waals surface area contributed by atoms with Crippen LogP contribution in [0.25, 0.3) is 0 Å². The van der Waals surface area contributed by atoms with Crippen LogP contribution in [-0.4, -0.2) is 18.6 Å². The van der Waals surface area contributed by atoms with Crippen LogP contribution in [0, 0.1) is 6.92 Å². The predicted molar refractivity (Wildman–Crippen MR) is 91.2 cm³/mol. The Kier molecular flexibility index (Phi) is 4.63. The highest BCUT2D eigenvalue weighted by atomic mass is 16.5. The quantitative estimate of drug-likeness (QED) is 0.852. The Balaban J connectivity index is 1.86. The fourth-order valence-corrected chi connectivity index (χ4v) is 3.02. The zero-order valence-corrected chi connectivity index (χ0v) is 13.3. The van der Waals surface area contributed by atoms with Crippen molar-refractivity contribution in [2.75, 3.05) is 12.3 Å². The molecule has 1 amide bonds. The number of benzene rings is 2. The van der Waals surface area contributed by atoms with Gasteiger partial charge in [-0.05, 0) is 43.0 Å². The second kappa shape index (κ2) is 6.84. The largest absolute Gasteiger partial charge is 0.399 e. The van der Waals surface area contributed by atoms with Crippen LogP contribution in [0.15, 0.2) is 48.5 Å². The van der Waals surface area contributed by atoms with Crippen molar-refractivity contribution in [1.82, 2.24) is 5.32 Å². The maximum atomic E-state index is 12.7. The van der Waals surface area contributed by atoms with E-state index in [4.69, 9.17) is 10.5 Å². The van der Waals surface area contributed by atoms with Gasteiger partial charge in [0.05, 0.1) is 12.1 Å². The molecule has 1 aliphatic rings. The Morgan fingerprint density at radius 3 is 2.74 bits per heavy atom. The van der Waals surface area contributed by atoms with Crippen LogP contribution in [0.4, 0.5) is 5.69 Å². The van der Waals surface area contributed by atoms with E-state index in [1.807, 2.05) is 43.3 Å². The van der Waals surface area contributed by atoms with E-state index in [1.165, 1.54) is 0 Å². The number of nitrogen functional groups attached to an aromatic ring is 1. The lowest BCUT2D eigenvalue weighted by atomic mass is 9.98. The number of aryl methyl sites for hydroxylation is 1. The first-order valence-electron chi connectivity index (χ1n) is 7.98. The molecule has 23 heavy (non-hydrogen) atoms. The molecule has 3 rings (SSSR count). The number of nitrogens with one attached hydrogen (secondary N) is 1. The summed E-state index contributed by atoms with van der Waals surface area (Å²) in [4.78, 5) is 12.7. The highest BCUT2D eigenvalue weighted by Crippen LogP contribution is 2.27. The molecule has 2 aromatic rings. The number of carbonyl (C=O) groups is 1. The molecule has 3 N–H and O–H groups in total. The first-order chi connectivity index (χ1) is 11.1. The molecule has 4 nitrogen and oxygen atoms in total. The number of ether oxygens (including phenoxy) is 1. The molecule has 1 saturated heterocycles. The molecule has 120 valence electrons. The molecule has 1 fully saturated rings. The summed E-state index contributed by atoms with van der Waals surface area (Å²) in [7, 11) is 0. The maximum absolute atomic E-state index is 12.7. The van der Waals surface area contributed by atoms with Gasteiger partial charge in [-0.1, -0.05) is 36.4 Å². The van der Waals surface area contributed by atoms with Gasteiger partial charge < -0.3 is 15.8 Å². The third-order valence-corrected chi connectivity index (χ3v) is 4.29. The maximum Gasteiger partial charge on any atom is 0.252 e. The van der Waals surface area contributed by atoms with Crippen LogP contribution in [0.2, 0.25) is 0 Å². The molecule has 4 heteroatoms. The van der Waals surface area contributed by atoms with Gasteiger partial charge in [-0.25, -0.2) is 0 Å². The van der Waals surface area contributed by atoms with E-state index < -0.39 is 0 Å². The van der Waals surface area contributed by atoms with E-state index in [1.54, 1.807) is 12.1 Å². The number of anilines is 1. The van der Waals surface area contributed by atoms with Crippen molar-refractivity contribution in [2.24, 2.45) is 0 Å². The summed E-state index contributed by atoms with van der Waals surface area (Å²) >= 11 is 0. The first kappa shape index (κ1) is 15.6.